The molecule has 6 heteroatoms. The van der Waals surface area contributed by atoms with Crippen molar-refractivity contribution in [2.24, 2.45) is 0 Å². The molecule has 0 spiro atoms. The number of aromatic hydroxyl groups is 1. The van der Waals surface area contributed by atoms with Gasteiger partial charge in [-0.25, -0.2) is 0 Å². The highest BCUT2D eigenvalue weighted by Gasteiger charge is 2.43. The summed E-state index contributed by atoms with van der Waals surface area (Å²) in [4.78, 5) is 17.7. The van der Waals surface area contributed by atoms with Crippen LogP contribution in [0.25, 0.3) is 0 Å². The Hall–Kier alpha value is -2.89. The molecule has 1 saturated heterocycles. The van der Waals surface area contributed by atoms with Crippen LogP contribution in [0.1, 0.15) is 35.6 Å². The number of para-hydroxylation sites is 2. The van der Waals surface area contributed by atoms with E-state index in [1.807, 2.05) is 50.8 Å². The van der Waals surface area contributed by atoms with E-state index in [4.69, 9.17) is 9.47 Å². The normalized spacial score (nSPS) is 20.8. The van der Waals surface area contributed by atoms with Gasteiger partial charge < -0.3 is 24.4 Å². The molecule has 2 aliphatic rings. The molecule has 1 atom stereocenters. The van der Waals surface area contributed by atoms with E-state index in [0.29, 0.717) is 25.3 Å². The van der Waals surface area contributed by atoms with E-state index in [1.54, 1.807) is 7.11 Å². The molecule has 166 valence electrons. The molecular formula is C25H32N2O4. The van der Waals surface area contributed by atoms with Crippen LogP contribution >= 0.6 is 0 Å². The third-order valence-electron chi connectivity index (χ3n) is 6.96. The number of carbonyl (C=O) groups is 1. The lowest BCUT2D eigenvalue weighted by atomic mass is 9.86. The van der Waals surface area contributed by atoms with E-state index in [0.717, 1.165) is 59.0 Å². The zero-order valence-electron chi connectivity index (χ0n) is 19.1. The van der Waals surface area contributed by atoms with Gasteiger partial charge in [-0.2, -0.15) is 0 Å². The van der Waals surface area contributed by atoms with Crippen molar-refractivity contribution < 1.29 is 19.4 Å². The molecule has 0 saturated carbocycles. The zero-order chi connectivity index (χ0) is 22.3. The summed E-state index contributed by atoms with van der Waals surface area (Å²) in [6.45, 7) is 10.5. The highest BCUT2D eigenvalue weighted by Crippen LogP contribution is 2.43. The Morgan fingerprint density at radius 1 is 1.06 bits per heavy atom. The lowest BCUT2D eigenvalue weighted by Gasteiger charge is -2.43. The number of carbonyl (C=O) groups excluding carboxylic acids is 1. The lowest BCUT2D eigenvalue weighted by molar-refractivity contribution is -0.148. The van der Waals surface area contributed by atoms with Crippen molar-refractivity contribution in [3.05, 3.63) is 46.5 Å². The third-order valence-corrected chi connectivity index (χ3v) is 6.96. The molecule has 0 aromatic heterocycles. The zero-order valence-corrected chi connectivity index (χ0v) is 19.1. The number of rotatable bonds is 3. The van der Waals surface area contributed by atoms with Crippen LogP contribution in [0, 0.1) is 20.8 Å². The monoisotopic (exact) mass is 424 g/mol. The first-order chi connectivity index (χ1) is 14.8. The van der Waals surface area contributed by atoms with E-state index in [-0.39, 0.29) is 5.91 Å². The van der Waals surface area contributed by atoms with Gasteiger partial charge in [0.1, 0.15) is 17.2 Å². The van der Waals surface area contributed by atoms with E-state index in [9.17, 15) is 9.90 Å². The highest BCUT2D eigenvalue weighted by molar-refractivity contribution is 5.86. The molecule has 31 heavy (non-hydrogen) atoms. The van der Waals surface area contributed by atoms with Gasteiger partial charge in [-0.15, -0.1) is 0 Å². The number of hydrogen-bond donors (Lipinski definition) is 1. The van der Waals surface area contributed by atoms with Gasteiger partial charge in [-0.3, -0.25) is 4.79 Å². The van der Waals surface area contributed by atoms with Crippen molar-refractivity contribution in [1.82, 2.24) is 4.90 Å². The molecule has 6 nitrogen and oxygen atoms in total. The predicted octanol–water partition coefficient (Wildman–Crippen LogP) is 3.76. The molecule has 2 aliphatic heterocycles. The fraction of sp³-hybridized carbons (Fsp3) is 0.480. The van der Waals surface area contributed by atoms with Crippen LogP contribution in [0.4, 0.5) is 5.69 Å². The van der Waals surface area contributed by atoms with Crippen LogP contribution in [-0.4, -0.2) is 54.8 Å². The summed E-state index contributed by atoms with van der Waals surface area (Å²) in [5.74, 6) is 2.00. The average Bonchev–Trinajstić information content (AvgIpc) is 2.81. The number of anilines is 1. The van der Waals surface area contributed by atoms with Gasteiger partial charge in [0.2, 0.25) is 0 Å². The van der Waals surface area contributed by atoms with Crippen LogP contribution in [0.3, 0.4) is 0 Å². The first kappa shape index (κ1) is 21.3. The summed E-state index contributed by atoms with van der Waals surface area (Å²) in [6, 6.07) is 7.99. The second kappa shape index (κ2) is 7.98. The number of nitrogens with zero attached hydrogens (tertiary/aromatic N) is 2. The topological polar surface area (TPSA) is 62.2 Å². The second-order valence-corrected chi connectivity index (χ2v) is 8.82. The molecule has 1 fully saturated rings. The Morgan fingerprint density at radius 3 is 2.42 bits per heavy atom. The Labute approximate surface area is 184 Å². The van der Waals surface area contributed by atoms with Gasteiger partial charge in [-0.05, 0) is 62.9 Å². The predicted molar refractivity (Wildman–Crippen MR) is 121 cm³/mol. The maximum Gasteiger partial charge on any atom is 0.266 e. The lowest BCUT2D eigenvalue weighted by Crippen LogP contribution is -2.57. The highest BCUT2D eigenvalue weighted by atomic mass is 16.5. The van der Waals surface area contributed by atoms with Crippen LogP contribution < -0.4 is 14.4 Å². The number of benzene rings is 2. The quantitative estimate of drug-likeness (QED) is 0.813. The van der Waals surface area contributed by atoms with Crippen molar-refractivity contribution in [2.75, 3.05) is 38.2 Å². The Balaban J connectivity index is 1.50. The van der Waals surface area contributed by atoms with E-state index in [1.165, 1.54) is 0 Å². The number of phenolic OH excluding ortho intramolecular Hbond substituents is 1. The molecule has 0 radical (unpaired) electrons. The Bertz CT molecular complexity index is 1010. The van der Waals surface area contributed by atoms with Crippen molar-refractivity contribution in [2.45, 2.75) is 46.1 Å². The first-order valence-electron chi connectivity index (χ1n) is 10.9. The molecule has 1 unspecified atom stereocenters. The molecule has 1 N–H and O–H groups in total. The number of ether oxygens (including phenoxy) is 2. The minimum atomic E-state index is -0.889. The summed E-state index contributed by atoms with van der Waals surface area (Å²) in [5, 5.41) is 10.4. The van der Waals surface area contributed by atoms with Gasteiger partial charge in [0.15, 0.2) is 5.60 Å². The maximum absolute atomic E-state index is 13.5. The fourth-order valence-corrected chi connectivity index (χ4v) is 4.77. The van der Waals surface area contributed by atoms with E-state index >= 15 is 0 Å². The van der Waals surface area contributed by atoms with Crippen molar-refractivity contribution >= 4 is 11.6 Å². The maximum atomic E-state index is 13.5. The van der Waals surface area contributed by atoms with E-state index in [2.05, 4.69) is 11.0 Å². The van der Waals surface area contributed by atoms with Crippen molar-refractivity contribution in [3.8, 4) is 17.2 Å². The van der Waals surface area contributed by atoms with Gasteiger partial charge in [0.05, 0.1) is 12.8 Å². The summed E-state index contributed by atoms with van der Waals surface area (Å²) < 4.78 is 11.9. The summed E-state index contributed by atoms with van der Waals surface area (Å²) in [6.07, 6.45) is 1.33. The summed E-state index contributed by atoms with van der Waals surface area (Å²) >= 11 is 0. The van der Waals surface area contributed by atoms with E-state index < -0.39 is 5.60 Å². The number of fused-ring (bicyclic) bond motifs is 1. The van der Waals surface area contributed by atoms with Crippen LogP contribution in [-0.2, 0) is 11.2 Å². The van der Waals surface area contributed by atoms with Gasteiger partial charge in [0, 0.05) is 38.2 Å². The molecular weight excluding hydrogens is 392 g/mol. The average molecular weight is 425 g/mol. The molecule has 4 rings (SSSR count). The largest absolute Gasteiger partial charge is 0.507 e. The van der Waals surface area contributed by atoms with Crippen LogP contribution in [0.5, 0.6) is 17.2 Å². The van der Waals surface area contributed by atoms with Crippen molar-refractivity contribution in [3.63, 3.8) is 0 Å². The Kier molecular flexibility index (Phi) is 5.50. The Morgan fingerprint density at radius 2 is 1.74 bits per heavy atom. The van der Waals surface area contributed by atoms with Gasteiger partial charge >= 0.3 is 0 Å². The summed E-state index contributed by atoms with van der Waals surface area (Å²) in [5.41, 5.74) is 3.79. The molecule has 2 heterocycles. The summed E-state index contributed by atoms with van der Waals surface area (Å²) in [7, 11) is 1.68. The third kappa shape index (κ3) is 3.58. The molecule has 1 amide bonds. The second-order valence-electron chi connectivity index (χ2n) is 8.82. The number of amides is 1. The smallest absolute Gasteiger partial charge is 0.266 e. The first-order valence-corrected chi connectivity index (χ1v) is 10.9. The van der Waals surface area contributed by atoms with Crippen LogP contribution in [0.2, 0.25) is 0 Å². The molecule has 0 aliphatic carbocycles. The minimum Gasteiger partial charge on any atom is -0.507 e. The molecule has 2 aromatic carbocycles. The number of methoxy groups -OCH3 is 1. The SMILES string of the molecule is COc1ccccc1N1CCN(C(=O)C2(C)CCc3c(C)c(O)c(C)c(C)c3O2)CC1. The van der Waals surface area contributed by atoms with Crippen LogP contribution in [0.15, 0.2) is 24.3 Å². The number of hydrogen-bond acceptors (Lipinski definition) is 5. The standard InChI is InChI=1S/C25H32N2O4/c1-16-17(2)23-19(18(3)22(16)28)10-11-25(4,31-23)24(29)27-14-12-26(13-15-27)20-8-6-7-9-21(20)30-5/h6-9,28H,10-15H2,1-5H3. The molecule has 0 bridgehead atoms. The number of piperazine rings is 1. The molecule has 2 aromatic rings. The van der Waals surface area contributed by atoms with Crippen molar-refractivity contribution in [1.29, 1.82) is 0 Å². The minimum absolute atomic E-state index is 0.0422. The number of phenols is 1. The fourth-order valence-electron chi connectivity index (χ4n) is 4.77. The van der Waals surface area contributed by atoms with Gasteiger partial charge in [-0.1, -0.05) is 12.1 Å². The van der Waals surface area contributed by atoms with Gasteiger partial charge in [0.25, 0.3) is 5.91 Å².